The number of carbonyl (C=O) groups excluding carboxylic acids is 1. The summed E-state index contributed by atoms with van der Waals surface area (Å²) in [6.07, 6.45) is -2.81. The summed E-state index contributed by atoms with van der Waals surface area (Å²) in [7, 11) is 0. The Hall–Kier alpha value is -3.49. The summed E-state index contributed by atoms with van der Waals surface area (Å²) in [5.74, 6) is -1.35. The highest BCUT2D eigenvalue weighted by atomic mass is 19.4. The van der Waals surface area contributed by atoms with Gasteiger partial charge in [-0.2, -0.15) is 13.2 Å². The van der Waals surface area contributed by atoms with Crippen molar-refractivity contribution >= 4 is 23.6 Å². The minimum absolute atomic E-state index is 0.0150. The van der Waals surface area contributed by atoms with E-state index in [1.165, 1.54) is 36.5 Å². The molecule has 0 saturated carbocycles. The van der Waals surface area contributed by atoms with Crippen molar-refractivity contribution in [3.05, 3.63) is 83.6 Å². The maximum Gasteiger partial charge on any atom is 0.416 e. The molecule has 0 saturated heterocycles. The third kappa shape index (κ3) is 4.68. The largest absolute Gasteiger partial charge is 0.416 e. The molecule has 0 radical (unpaired) electrons. The lowest BCUT2D eigenvalue weighted by Gasteiger charge is -2.21. The van der Waals surface area contributed by atoms with Gasteiger partial charge >= 0.3 is 6.18 Å². The zero-order valence-electron chi connectivity index (χ0n) is 14.8. The third-order valence-electron chi connectivity index (χ3n) is 4.06. The van der Waals surface area contributed by atoms with Gasteiger partial charge in [-0.25, -0.2) is 13.8 Å². The van der Waals surface area contributed by atoms with Crippen molar-refractivity contribution in [1.82, 2.24) is 4.98 Å². The molecule has 9 heteroatoms. The molecule has 1 amide bonds. The summed E-state index contributed by atoms with van der Waals surface area (Å²) in [5, 5.41) is 2.82. The summed E-state index contributed by atoms with van der Waals surface area (Å²) < 4.78 is 65.9. The number of pyridine rings is 1. The van der Waals surface area contributed by atoms with Crippen molar-refractivity contribution < 1.29 is 26.7 Å². The van der Waals surface area contributed by atoms with Crippen LogP contribution >= 0.6 is 0 Å². The van der Waals surface area contributed by atoms with Crippen molar-refractivity contribution in [3.8, 4) is 0 Å². The summed E-state index contributed by atoms with van der Waals surface area (Å²) in [6.45, 7) is -0.0780. The van der Waals surface area contributed by atoms with Crippen LogP contribution in [0.4, 0.5) is 39.1 Å². The summed E-state index contributed by atoms with van der Waals surface area (Å²) in [4.78, 5) is 16.7. The number of halogens is 5. The van der Waals surface area contributed by atoms with E-state index >= 15 is 0 Å². The van der Waals surface area contributed by atoms with Crippen molar-refractivity contribution in [2.75, 3.05) is 10.2 Å². The van der Waals surface area contributed by atoms with Crippen LogP contribution < -0.4 is 10.2 Å². The number of amides is 1. The average molecular weight is 407 g/mol. The number of aromatic nitrogens is 1. The van der Waals surface area contributed by atoms with E-state index < -0.39 is 23.4 Å². The fourth-order valence-electron chi connectivity index (χ4n) is 2.66. The number of benzene rings is 2. The first-order valence-corrected chi connectivity index (χ1v) is 8.34. The number of alkyl halides is 3. The molecule has 1 aromatic heterocycles. The fraction of sp³-hybridized carbons (Fsp3) is 0.100. The van der Waals surface area contributed by atoms with Crippen LogP contribution in [0, 0.1) is 11.6 Å². The molecule has 3 rings (SSSR count). The van der Waals surface area contributed by atoms with Gasteiger partial charge in [-0.15, -0.1) is 0 Å². The van der Waals surface area contributed by atoms with Gasteiger partial charge in [0.05, 0.1) is 11.3 Å². The summed E-state index contributed by atoms with van der Waals surface area (Å²) in [5.41, 5.74) is -0.600. The maximum absolute atomic E-state index is 13.8. The lowest BCUT2D eigenvalue weighted by molar-refractivity contribution is -0.137. The fourth-order valence-corrected chi connectivity index (χ4v) is 2.66. The molecule has 1 heterocycles. The second kappa shape index (κ2) is 8.26. The van der Waals surface area contributed by atoms with Crippen LogP contribution in [0.25, 0.3) is 0 Å². The first-order chi connectivity index (χ1) is 13.8. The first kappa shape index (κ1) is 20.2. The zero-order valence-corrected chi connectivity index (χ0v) is 14.8. The first-order valence-electron chi connectivity index (χ1n) is 8.34. The lowest BCUT2D eigenvalue weighted by Crippen LogP contribution is -2.18. The molecule has 29 heavy (non-hydrogen) atoms. The van der Waals surface area contributed by atoms with E-state index in [0.29, 0.717) is 6.41 Å². The second-order valence-electron chi connectivity index (χ2n) is 5.98. The highest BCUT2D eigenvalue weighted by Gasteiger charge is 2.31. The highest BCUT2D eigenvalue weighted by Crippen LogP contribution is 2.35. The van der Waals surface area contributed by atoms with Gasteiger partial charge in [0, 0.05) is 30.1 Å². The monoisotopic (exact) mass is 407 g/mol. The molecule has 0 aliphatic carbocycles. The van der Waals surface area contributed by atoms with Gasteiger partial charge in [0.2, 0.25) is 6.41 Å². The number of carbonyl (C=O) groups is 1. The Morgan fingerprint density at radius 3 is 2.52 bits per heavy atom. The summed E-state index contributed by atoms with van der Waals surface area (Å²) >= 11 is 0. The topological polar surface area (TPSA) is 45.2 Å². The highest BCUT2D eigenvalue weighted by molar-refractivity contribution is 5.90. The van der Waals surface area contributed by atoms with Crippen LogP contribution in [0.3, 0.4) is 0 Å². The Bertz CT molecular complexity index is 1020. The van der Waals surface area contributed by atoms with E-state index in [-0.39, 0.29) is 29.3 Å². The molecule has 4 nitrogen and oxygen atoms in total. The Morgan fingerprint density at radius 2 is 1.83 bits per heavy atom. The molecule has 0 fully saturated rings. The van der Waals surface area contributed by atoms with Crippen molar-refractivity contribution in [2.45, 2.75) is 12.7 Å². The molecule has 2 aromatic carbocycles. The molecule has 0 atom stereocenters. The van der Waals surface area contributed by atoms with Crippen molar-refractivity contribution in [2.24, 2.45) is 0 Å². The minimum Gasteiger partial charge on any atom is -0.364 e. The van der Waals surface area contributed by atoms with Crippen LogP contribution in [0.5, 0.6) is 0 Å². The number of hydrogen-bond donors (Lipinski definition) is 1. The van der Waals surface area contributed by atoms with Gasteiger partial charge in [-0.05, 0) is 36.4 Å². The average Bonchev–Trinajstić information content (AvgIpc) is 2.68. The number of rotatable bonds is 6. The number of anilines is 3. The van der Waals surface area contributed by atoms with Crippen LogP contribution in [-0.2, 0) is 17.5 Å². The molecule has 0 aliphatic rings. The van der Waals surface area contributed by atoms with E-state index in [0.717, 1.165) is 29.2 Å². The zero-order chi connectivity index (χ0) is 21.0. The third-order valence-corrected chi connectivity index (χ3v) is 4.06. The SMILES string of the molecule is O=CN(c1cccc(C(F)(F)F)c1)c1cccnc1NCc1ccc(F)cc1F. The normalized spacial score (nSPS) is 11.2. The van der Waals surface area contributed by atoms with Crippen molar-refractivity contribution in [1.29, 1.82) is 0 Å². The predicted molar refractivity (Wildman–Crippen MR) is 97.6 cm³/mol. The maximum atomic E-state index is 13.8. The molecular formula is C20H14F5N3O. The van der Waals surface area contributed by atoms with E-state index in [1.54, 1.807) is 0 Å². The van der Waals surface area contributed by atoms with E-state index in [1.807, 2.05) is 0 Å². The molecule has 3 aromatic rings. The van der Waals surface area contributed by atoms with Gasteiger partial charge in [0.15, 0.2) is 5.82 Å². The van der Waals surface area contributed by atoms with Gasteiger partial charge in [0.1, 0.15) is 11.6 Å². The standard InChI is InChI=1S/C20H14F5N3O/c21-15-7-6-13(17(22)10-15)11-27-19-18(5-2-8-26-19)28(12-29)16-4-1-3-14(9-16)20(23,24)25/h1-10,12H,11H2,(H,26,27). The Labute approximate surface area is 162 Å². The number of nitrogens with one attached hydrogen (secondary N) is 1. The lowest BCUT2D eigenvalue weighted by atomic mass is 10.1. The predicted octanol–water partition coefficient (Wildman–Crippen LogP) is 5.29. The van der Waals surface area contributed by atoms with Crippen LogP contribution in [0.1, 0.15) is 11.1 Å². The van der Waals surface area contributed by atoms with E-state index in [9.17, 15) is 26.7 Å². The van der Waals surface area contributed by atoms with Crippen LogP contribution in [0.15, 0.2) is 60.8 Å². The van der Waals surface area contributed by atoms with Crippen LogP contribution in [0.2, 0.25) is 0 Å². The molecule has 150 valence electrons. The molecule has 1 N–H and O–H groups in total. The molecule has 0 spiro atoms. The Kier molecular flexibility index (Phi) is 5.76. The van der Waals surface area contributed by atoms with Gasteiger partial charge in [0.25, 0.3) is 0 Å². The molecule has 0 bridgehead atoms. The molecular weight excluding hydrogens is 393 g/mol. The van der Waals surface area contributed by atoms with E-state index in [4.69, 9.17) is 0 Å². The summed E-state index contributed by atoms with van der Waals surface area (Å²) in [6, 6.07) is 10.3. The Balaban J connectivity index is 1.91. The molecule has 0 unspecified atom stereocenters. The van der Waals surface area contributed by atoms with Gasteiger partial charge in [-0.3, -0.25) is 9.69 Å². The van der Waals surface area contributed by atoms with E-state index in [2.05, 4.69) is 10.3 Å². The number of nitrogens with zero attached hydrogens (tertiary/aromatic N) is 2. The minimum atomic E-state index is -4.57. The van der Waals surface area contributed by atoms with Crippen LogP contribution in [-0.4, -0.2) is 11.4 Å². The smallest absolute Gasteiger partial charge is 0.364 e. The quantitative estimate of drug-likeness (QED) is 0.446. The molecule has 0 aliphatic heterocycles. The Morgan fingerprint density at radius 1 is 1.03 bits per heavy atom. The number of hydrogen-bond acceptors (Lipinski definition) is 3. The van der Waals surface area contributed by atoms with Gasteiger partial charge in [-0.1, -0.05) is 12.1 Å². The van der Waals surface area contributed by atoms with Crippen molar-refractivity contribution in [3.63, 3.8) is 0 Å². The second-order valence-corrected chi connectivity index (χ2v) is 5.98. The van der Waals surface area contributed by atoms with Gasteiger partial charge < -0.3 is 5.32 Å².